The number of carbonyl (C=O) groups excluding carboxylic acids is 2. The molecule has 1 aromatic heterocycles. The van der Waals surface area contributed by atoms with Crippen LogP contribution in [-0.4, -0.2) is 16.9 Å². The van der Waals surface area contributed by atoms with Crippen molar-refractivity contribution < 1.29 is 14.3 Å². The molecule has 0 aliphatic rings. The molecule has 1 amide bonds. The number of nitrogens with zero attached hydrogens (tertiary/aromatic N) is 1. The number of hydrogen-bond acceptors (Lipinski definition) is 4. The van der Waals surface area contributed by atoms with Crippen molar-refractivity contribution in [1.29, 1.82) is 0 Å². The first kappa shape index (κ1) is 18.3. The van der Waals surface area contributed by atoms with Crippen molar-refractivity contribution >= 4 is 17.6 Å². The number of aryl methyl sites for hydroxylation is 2. The number of carbonyl (C=O) groups is 2. The summed E-state index contributed by atoms with van der Waals surface area (Å²) in [5.41, 5.74) is 3.68. The van der Waals surface area contributed by atoms with Crippen LogP contribution in [0.2, 0.25) is 0 Å². The van der Waals surface area contributed by atoms with Gasteiger partial charge in [-0.3, -0.25) is 9.78 Å². The van der Waals surface area contributed by atoms with E-state index in [1.165, 1.54) is 12.4 Å². The fourth-order valence-electron chi connectivity index (χ4n) is 2.82. The van der Waals surface area contributed by atoms with Crippen LogP contribution in [0.5, 0.6) is 0 Å². The lowest BCUT2D eigenvalue weighted by molar-refractivity contribution is -0.125. The summed E-state index contributed by atoms with van der Waals surface area (Å²) >= 11 is 0. The molecule has 0 aliphatic heterocycles. The second kappa shape index (κ2) is 8.27. The maximum absolute atomic E-state index is 12.9. The summed E-state index contributed by atoms with van der Waals surface area (Å²) in [5, 5.41) is 2.85. The highest BCUT2D eigenvalue weighted by Crippen LogP contribution is 2.22. The average Bonchev–Trinajstić information content (AvgIpc) is 2.66. The van der Waals surface area contributed by atoms with Gasteiger partial charge >= 0.3 is 5.97 Å². The second-order valence-electron chi connectivity index (χ2n) is 6.30. The molecule has 5 nitrogen and oxygen atoms in total. The number of ether oxygens (including phenoxy) is 1. The lowest BCUT2D eigenvalue weighted by atomic mass is 10.1. The van der Waals surface area contributed by atoms with Gasteiger partial charge in [-0.1, -0.05) is 36.4 Å². The maximum atomic E-state index is 12.9. The van der Waals surface area contributed by atoms with Gasteiger partial charge in [-0.25, -0.2) is 4.79 Å². The summed E-state index contributed by atoms with van der Waals surface area (Å²) in [7, 11) is 0. The van der Waals surface area contributed by atoms with Crippen molar-refractivity contribution in [3.05, 3.63) is 95.3 Å². The van der Waals surface area contributed by atoms with Gasteiger partial charge in [0.1, 0.15) is 0 Å². The Balaban J connectivity index is 1.85. The fourth-order valence-corrected chi connectivity index (χ4v) is 2.82. The molecule has 0 fully saturated rings. The zero-order valence-electron chi connectivity index (χ0n) is 15.2. The van der Waals surface area contributed by atoms with Gasteiger partial charge in [0.2, 0.25) is 6.10 Å². The summed E-state index contributed by atoms with van der Waals surface area (Å²) in [5.74, 6) is -0.990. The zero-order valence-corrected chi connectivity index (χ0v) is 15.2. The molecule has 3 rings (SSSR count). The van der Waals surface area contributed by atoms with E-state index in [0.717, 1.165) is 11.1 Å². The van der Waals surface area contributed by atoms with Crippen LogP contribution in [0.25, 0.3) is 0 Å². The van der Waals surface area contributed by atoms with Gasteiger partial charge in [-0.15, -0.1) is 0 Å². The Labute approximate surface area is 158 Å². The van der Waals surface area contributed by atoms with Crippen LogP contribution in [0.1, 0.15) is 33.2 Å². The Bertz CT molecular complexity index is 920. The number of benzene rings is 2. The summed E-state index contributed by atoms with van der Waals surface area (Å²) in [6.45, 7) is 3.92. The van der Waals surface area contributed by atoms with Crippen molar-refractivity contribution in [2.45, 2.75) is 20.0 Å². The van der Waals surface area contributed by atoms with E-state index in [1.54, 1.807) is 36.4 Å². The molecule has 1 N–H and O–H groups in total. The molecular weight excluding hydrogens is 340 g/mol. The van der Waals surface area contributed by atoms with E-state index in [-0.39, 0.29) is 0 Å². The van der Waals surface area contributed by atoms with Gasteiger partial charge in [0.15, 0.2) is 0 Å². The monoisotopic (exact) mass is 360 g/mol. The van der Waals surface area contributed by atoms with E-state index in [1.807, 2.05) is 38.1 Å². The van der Waals surface area contributed by atoms with Crippen molar-refractivity contribution in [3.8, 4) is 0 Å². The van der Waals surface area contributed by atoms with Crippen LogP contribution in [0.15, 0.2) is 73.1 Å². The Morgan fingerprint density at radius 2 is 1.56 bits per heavy atom. The first-order chi connectivity index (χ1) is 13.0. The third-order valence-corrected chi connectivity index (χ3v) is 3.97. The van der Waals surface area contributed by atoms with Gasteiger partial charge in [0.05, 0.1) is 5.56 Å². The Morgan fingerprint density at radius 1 is 0.926 bits per heavy atom. The molecule has 1 heterocycles. The molecule has 3 aromatic rings. The largest absolute Gasteiger partial charge is 0.444 e. The fraction of sp³-hybridized carbons (Fsp3) is 0.136. The third-order valence-electron chi connectivity index (χ3n) is 3.97. The average molecular weight is 360 g/mol. The minimum absolute atomic E-state index is 0.338. The molecule has 0 aliphatic carbocycles. The van der Waals surface area contributed by atoms with E-state index < -0.39 is 18.0 Å². The number of rotatable bonds is 5. The number of anilines is 1. The zero-order chi connectivity index (χ0) is 19.2. The molecule has 0 bridgehead atoms. The van der Waals surface area contributed by atoms with Crippen molar-refractivity contribution in [2.24, 2.45) is 0 Å². The lowest BCUT2D eigenvalue weighted by Crippen LogP contribution is -2.26. The highest BCUT2D eigenvalue weighted by atomic mass is 16.5. The first-order valence-electron chi connectivity index (χ1n) is 8.58. The second-order valence-corrected chi connectivity index (χ2v) is 6.30. The lowest BCUT2D eigenvalue weighted by Gasteiger charge is -2.18. The minimum atomic E-state index is -1.06. The Kier molecular flexibility index (Phi) is 5.61. The van der Waals surface area contributed by atoms with Crippen LogP contribution in [0, 0.1) is 13.8 Å². The van der Waals surface area contributed by atoms with Crippen LogP contribution >= 0.6 is 0 Å². The molecule has 0 saturated heterocycles. The summed E-state index contributed by atoms with van der Waals surface area (Å²) < 4.78 is 5.54. The number of amides is 1. The number of nitrogens with one attached hydrogen (secondary N) is 1. The molecule has 0 unspecified atom stereocenters. The van der Waals surface area contributed by atoms with E-state index in [4.69, 9.17) is 4.74 Å². The molecule has 0 saturated carbocycles. The van der Waals surface area contributed by atoms with E-state index >= 15 is 0 Å². The standard InChI is InChI=1S/C22H20N2O3/c1-15-12-16(2)14-19(13-15)24-21(25)20(17-6-4-3-5-7-17)27-22(26)18-8-10-23-11-9-18/h3-14,20H,1-2H3,(H,24,25)/t20-/m1/s1. The molecule has 2 aromatic carbocycles. The number of pyridine rings is 1. The predicted molar refractivity (Wildman–Crippen MR) is 103 cm³/mol. The van der Waals surface area contributed by atoms with Gasteiger partial charge in [0.25, 0.3) is 5.91 Å². The molecule has 5 heteroatoms. The van der Waals surface area contributed by atoms with Gasteiger partial charge in [0, 0.05) is 23.6 Å². The van der Waals surface area contributed by atoms with Gasteiger partial charge in [-0.2, -0.15) is 0 Å². The molecular formula is C22H20N2O3. The highest BCUT2D eigenvalue weighted by Gasteiger charge is 2.25. The maximum Gasteiger partial charge on any atom is 0.339 e. The quantitative estimate of drug-likeness (QED) is 0.691. The van der Waals surface area contributed by atoms with E-state index in [0.29, 0.717) is 16.8 Å². The Morgan fingerprint density at radius 3 is 2.19 bits per heavy atom. The third kappa shape index (κ3) is 4.79. The molecule has 1 atom stereocenters. The summed E-state index contributed by atoms with van der Waals surface area (Å²) in [6.07, 6.45) is 1.95. The van der Waals surface area contributed by atoms with Crippen molar-refractivity contribution in [1.82, 2.24) is 4.98 Å². The molecule has 27 heavy (non-hydrogen) atoms. The minimum Gasteiger partial charge on any atom is -0.444 e. The van der Waals surface area contributed by atoms with Crippen LogP contribution < -0.4 is 5.32 Å². The van der Waals surface area contributed by atoms with Crippen molar-refractivity contribution in [2.75, 3.05) is 5.32 Å². The SMILES string of the molecule is Cc1cc(C)cc(NC(=O)[C@H](OC(=O)c2ccncc2)c2ccccc2)c1. The van der Waals surface area contributed by atoms with Crippen LogP contribution in [0.4, 0.5) is 5.69 Å². The van der Waals surface area contributed by atoms with Gasteiger partial charge in [-0.05, 0) is 49.2 Å². The van der Waals surface area contributed by atoms with Crippen LogP contribution in [0.3, 0.4) is 0 Å². The van der Waals surface area contributed by atoms with E-state index in [2.05, 4.69) is 10.3 Å². The van der Waals surface area contributed by atoms with Crippen molar-refractivity contribution in [3.63, 3.8) is 0 Å². The van der Waals surface area contributed by atoms with Crippen LogP contribution in [-0.2, 0) is 9.53 Å². The topological polar surface area (TPSA) is 68.3 Å². The Hall–Kier alpha value is -3.47. The number of aromatic nitrogens is 1. The van der Waals surface area contributed by atoms with Gasteiger partial charge < -0.3 is 10.1 Å². The predicted octanol–water partition coefficient (Wildman–Crippen LogP) is 4.24. The summed E-state index contributed by atoms with van der Waals surface area (Å²) in [4.78, 5) is 29.3. The smallest absolute Gasteiger partial charge is 0.339 e. The molecule has 0 radical (unpaired) electrons. The number of esters is 1. The molecule has 0 spiro atoms. The number of hydrogen-bond donors (Lipinski definition) is 1. The first-order valence-corrected chi connectivity index (χ1v) is 8.58. The van der Waals surface area contributed by atoms with E-state index in [9.17, 15) is 9.59 Å². The normalized spacial score (nSPS) is 11.5. The highest BCUT2D eigenvalue weighted by molar-refractivity contribution is 5.98. The summed E-state index contributed by atoms with van der Waals surface area (Å²) in [6, 6.07) is 17.8. The molecule has 136 valence electrons.